The van der Waals surface area contributed by atoms with Gasteiger partial charge in [0, 0.05) is 24.0 Å². The molecule has 0 spiro atoms. The molecule has 0 heterocycles. The standard InChI is InChI=1S/C36H40ClN3O5S/c1-5-27(3)38-36(42)34(23-28-13-8-6-9-14-28)39(24-29-15-12-16-31(22-29)45-4)35(41)25-40(33-20-19-30(37)21-26(33)2)46(43,44)32-17-10-7-11-18-32/h6-22,27,34H,5,23-25H2,1-4H3,(H,38,42). The Hall–Kier alpha value is -4.34. The Bertz CT molecular complexity index is 1740. The molecular weight excluding hydrogens is 622 g/mol. The summed E-state index contributed by atoms with van der Waals surface area (Å²) in [7, 11) is -2.65. The second kappa shape index (κ2) is 15.8. The summed E-state index contributed by atoms with van der Waals surface area (Å²) >= 11 is 6.23. The monoisotopic (exact) mass is 661 g/mol. The largest absolute Gasteiger partial charge is 0.497 e. The zero-order valence-corrected chi connectivity index (χ0v) is 28.1. The molecule has 4 aromatic carbocycles. The van der Waals surface area contributed by atoms with Gasteiger partial charge in [0.1, 0.15) is 18.3 Å². The number of carbonyl (C=O) groups is 2. The number of rotatable bonds is 14. The van der Waals surface area contributed by atoms with Gasteiger partial charge >= 0.3 is 0 Å². The van der Waals surface area contributed by atoms with Crippen molar-refractivity contribution in [2.45, 2.75) is 57.1 Å². The molecule has 242 valence electrons. The van der Waals surface area contributed by atoms with E-state index in [0.29, 0.717) is 28.4 Å². The van der Waals surface area contributed by atoms with Crippen LogP contribution in [0.2, 0.25) is 5.02 Å². The molecule has 0 bridgehead atoms. The van der Waals surface area contributed by atoms with Crippen molar-refractivity contribution < 1.29 is 22.7 Å². The first-order valence-electron chi connectivity index (χ1n) is 15.1. The van der Waals surface area contributed by atoms with E-state index in [4.69, 9.17) is 16.3 Å². The van der Waals surface area contributed by atoms with E-state index in [1.54, 1.807) is 62.6 Å². The quantitative estimate of drug-likeness (QED) is 0.169. The molecular formula is C36H40ClN3O5S. The molecule has 0 aliphatic carbocycles. The lowest BCUT2D eigenvalue weighted by atomic mass is 10.0. The fraction of sp³-hybridized carbons (Fsp3) is 0.278. The number of nitrogens with zero attached hydrogens (tertiary/aromatic N) is 2. The fourth-order valence-corrected chi connectivity index (χ4v) is 6.82. The van der Waals surface area contributed by atoms with E-state index < -0.39 is 28.5 Å². The van der Waals surface area contributed by atoms with Crippen molar-refractivity contribution >= 4 is 39.1 Å². The number of benzene rings is 4. The first-order valence-corrected chi connectivity index (χ1v) is 17.0. The highest BCUT2D eigenvalue weighted by Gasteiger charge is 2.35. The molecule has 2 atom stereocenters. The Labute approximate surface area is 277 Å². The molecule has 8 nitrogen and oxygen atoms in total. The van der Waals surface area contributed by atoms with Crippen LogP contribution in [0.25, 0.3) is 0 Å². The molecule has 0 aliphatic rings. The maximum atomic E-state index is 14.6. The summed E-state index contributed by atoms with van der Waals surface area (Å²) in [6.45, 7) is 5.11. The van der Waals surface area contributed by atoms with Gasteiger partial charge in [0.2, 0.25) is 11.8 Å². The van der Waals surface area contributed by atoms with Gasteiger partial charge < -0.3 is 15.0 Å². The van der Waals surface area contributed by atoms with Gasteiger partial charge in [0.15, 0.2) is 0 Å². The van der Waals surface area contributed by atoms with Crippen LogP contribution >= 0.6 is 11.6 Å². The average molecular weight is 662 g/mol. The lowest BCUT2D eigenvalue weighted by molar-refractivity contribution is -0.140. The van der Waals surface area contributed by atoms with Gasteiger partial charge in [-0.05, 0) is 79.4 Å². The Kier molecular flexibility index (Phi) is 11.8. The molecule has 0 saturated carbocycles. The van der Waals surface area contributed by atoms with Gasteiger partial charge in [-0.15, -0.1) is 0 Å². The molecule has 2 unspecified atom stereocenters. The molecule has 2 amide bonds. The third-order valence-corrected chi connectivity index (χ3v) is 9.81. The summed E-state index contributed by atoms with van der Waals surface area (Å²) in [6.07, 6.45) is 0.927. The van der Waals surface area contributed by atoms with Crippen LogP contribution in [0.15, 0.2) is 108 Å². The smallest absolute Gasteiger partial charge is 0.264 e. The van der Waals surface area contributed by atoms with Gasteiger partial charge in [-0.25, -0.2) is 8.42 Å². The Balaban J connectivity index is 1.83. The van der Waals surface area contributed by atoms with Crippen LogP contribution in [-0.4, -0.2) is 50.9 Å². The number of amides is 2. The topological polar surface area (TPSA) is 96.0 Å². The summed E-state index contributed by atoms with van der Waals surface area (Å²) < 4.78 is 34.9. The number of halogens is 1. The van der Waals surface area contributed by atoms with Crippen molar-refractivity contribution in [1.82, 2.24) is 10.2 Å². The van der Waals surface area contributed by atoms with E-state index in [0.717, 1.165) is 15.4 Å². The van der Waals surface area contributed by atoms with Crippen LogP contribution in [0.4, 0.5) is 5.69 Å². The molecule has 1 N–H and O–H groups in total. The molecule has 0 fully saturated rings. The molecule has 46 heavy (non-hydrogen) atoms. The molecule has 0 radical (unpaired) electrons. The predicted molar refractivity (Wildman–Crippen MR) is 183 cm³/mol. The number of hydrogen-bond acceptors (Lipinski definition) is 5. The Morgan fingerprint density at radius 3 is 2.17 bits per heavy atom. The minimum atomic E-state index is -4.21. The van der Waals surface area contributed by atoms with Crippen LogP contribution in [0.1, 0.15) is 37.0 Å². The van der Waals surface area contributed by atoms with Crippen LogP contribution < -0.4 is 14.4 Å². The van der Waals surface area contributed by atoms with Crippen molar-refractivity contribution in [3.8, 4) is 5.75 Å². The number of anilines is 1. The lowest BCUT2D eigenvalue weighted by Gasteiger charge is -2.34. The van der Waals surface area contributed by atoms with Crippen LogP contribution in [0.5, 0.6) is 5.75 Å². The van der Waals surface area contributed by atoms with Gasteiger partial charge in [-0.1, -0.05) is 79.2 Å². The van der Waals surface area contributed by atoms with E-state index in [1.165, 1.54) is 17.0 Å². The van der Waals surface area contributed by atoms with Crippen molar-refractivity contribution in [2.75, 3.05) is 18.0 Å². The van der Waals surface area contributed by atoms with Crippen LogP contribution in [0.3, 0.4) is 0 Å². The summed E-state index contributed by atoms with van der Waals surface area (Å²) in [5.74, 6) is -0.273. The van der Waals surface area contributed by atoms with E-state index in [1.807, 2.05) is 56.3 Å². The van der Waals surface area contributed by atoms with Crippen molar-refractivity contribution in [3.05, 3.63) is 125 Å². The molecule has 0 aromatic heterocycles. The molecule has 10 heteroatoms. The zero-order chi connectivity index (χ0) is 33.3. The van der Waals surface area contributed by atoms with Gasteiger partial charge in [0.05, 0.1) is 17.7 Å². The SMILES string of the molecule is CCC(C)NC(=O)C(Cc1ccccc1)N(Cc1cccc(OC)c1)C(=O)CN(c1ccc(Cl)cc1C)S(=O)(=O)c1ccccc1. The zero-order valence-electron chi connectivity index (χ0n) is 26.5. The van der Waals surface area contributed by atoms with Crippen molar-refractivity contribution in [1.29, 1.82) is 0 Å². The maximum Gasteiger partial charge on any atom is 0.264 e. The highest BCUT2D eigenvalue weighted by Crippen LogP contribution is 2.30. The highest BCUT2D eigenvalue weighted by atomic mass is 35.5. The predicted octanol–water partition coefficient (Wildman–Crippen LogP) is 6.41. The Morgan fingerprint density at radius 2 is 1.54 bits per heavy atom. The first-order chi connectivity index (χ1) is 22.0. The van der Waals surface area contributed by atoms with Gasteiger partial charge in [-0.3, -0.25) is 13.9 Å². The van der Waals surface area contributed by atoms with E-state index >= 15 is 0 Å². The summed E-state index contributed by atoms with van der Waals surface area (Å²) in [6, 6.07) is 28.4. The van der Waals surface area contributed by atoms with Crippen LogP contribution in [0, 0.1) is 6.92 Å². The van der Waals surface area contributed by atoms with E-state index in [9.17, 15) is 18.0 Å². The minimum absolute atomic E-state index is 0.0341. The molecule has 4 rings (SSSR count). The average Bonchev–Trinajstić information content (AvgIpc) is 3.06. The second-order valence-electron chi connectivity index (χ2n) is 11.2. The third kappa shape index (κ3) is 8.68. The van der Waals surface area contributed by atoms with E-state index in [-0.39, 0.29) is 29.8 Å². The summed E-state index contributed by atoms with van der Waals surface area (Å²) in [4.78, 5) is 30.1. The maximum absolute atomic E-state index is 14.6. The number of ether oxygens (including phenoxy) is 1. The van der Waals surface area contributed by atoms with Gasteiger partial charge in [-0.2, -0.15) is 0 Å². The number of nitrogens with one attached hydrogen (secondary N) is 1. The van der Waals surface area contributed by atoms with Crippen molar-refractivity contribution in [3.63, 3.8) is 0 Å². The molecule has 0 saturated heterocycles. The molecule has 4 aromatic rings. The van der Waals surface area contributed by atoms with Crippen LogP contribution in [-0.2, 0) is 32.6 Å². The number of methoxy groups -OCH3 is 1. The normalized spacial score (nSPS) is 12.5. The second-order valence-corrected chi connectivity index (χ2v) is 13.5. The number of sulfonamides is 1. The van der Waals surface area contributed by atoms with Gasteiger partial charge in [0.25, 0.3) is 10.0 Å². The first kappa shape index (κ1) is 34.5. The number of hydrogen-bond donors (Lipinski definition) is 1. The Morgan fingerprint density at radius 1 is 0.891 bits per heavy atom. The fourth-order valence-electron chi connectivity index (χ4n) is 5.09. The molecule has 0 aliphatic heterocycles. The van der Waals surface area contributed by atoms with Crippen molar-refractivity contribution in [2.24, 2.45) is 0 Å². The minimum Gasteiger partial charge on any atom is -0.497 e. The third-order valence-electron chi connectivity index (χ3n) is 7.80. The highest BCUT2D eigenvalue weighted by molar-refractivity contribution is 7.92. The number of carbonyl (C=O) groups excluding carboxylic acids is 2. The lowest BCUT2D eigenvalue weighted by Crippen LogP contribution is -2.54. The number of aryl methyl sites for hydroxylation is 1. The summed E-state index contributed by atoms with van der Waals surface area (Å²) in [5.41, 5.74) is 2.47. The van der Waals surface area contributed by atoms with E-state index in [2.05, 4.69) is 5.32 Å². The summed E-state index contributed by atoms with van der Waals surface area (Å²) in [5, 5.41) is 3.48.